The summed E-state index contributed by atoms with van der Waals surface area (Å²) < 4.78 is 15.1. The second-order valence-electron chi connectivity index (χ2n) is 4.96. The highest BCUT2D eigenvalue weighted by Crippen LogP contribution is 2.23. The number of anilines is 2. The number of amides is 1. The predicted octanol–water partition coefficient (Wildman–Crippen LogP) is 2.16. The third-order valence-corrected chi connectivity index (χ3v) is 3.29. The van der Waals surface area contributed by atoms with Gasteiger partial charge in [-0.15, -0.1) is 0 Å². The number of hydrogen-bond donors (Lipinski definition) is 2. The Bertz CT molecular complexity index is 971. The van der Waals surface area contributed by atoms with Gasteiger partial charge in [-0.1, -0.05) is 12.1 Å². The molecule has 1 amide bonds. The first kappa shape index (κ1) is 16.1. The van der Waals surface area contributed by atoms with Crippen LogP contribution < -0.4 is 11.1 Å². The van der Waals surface area contributed by atoms with Crippen molar-refractivity contribution in [3.63, 3.8) is 0 Å². The van der Waals surface area contributed by atoms with Crippen LogP contribution in [-0.2, 0) is 0 Å². The van der Waals surface area contributed by atoms with Gasteiger partial charge in [-0.2, -0.15) is 5.10 Å². The van der Waals surface area contributed by atoms with Crippen LogP contribution in [0, 0.1) is 15.9 Å². The maximum atomic E-state index is 13.8. The lowest BCUT2D eigenvalue weighted by Crippen LogP contribution is -2.14. The van der Waals surface area contributed by atoms with Gasteiger partial charge in [0.25, 0.3) is 11.6 Å². The highest BCUT2D eigenvalue weighted by Gasteiger charge is 2.17. The molecule has 0 unspecified atom stereocenters. The molecule has 0 spiro atoms. The molecule has 3 aromatic rings. The van der Waals surface area contributed by atoms with Crippen molar-refractivity contribution in [2.24, 2.45) is 5.73 Å². The van der Waals surface area contributed by atoms with Gasteiger partial charge in [0, 0.05) is 6.07 Å². The van der Waals surface area contributed by atoms with E-state index in [9.17, 15) is 19.3 Å². The Morgan fingerprint density at radius 1 is 1.32 bits per heavy atom. The van der Waals surface area contributed by atoms with E-state index in [0.29, 0.717) is 5.69 Å². The Balaban J connectivity index is 1.92. The van der Waals surface area contributed by atoms with Gasteiger partial charge in [0.05, 0.1) is 28.6 Å². The first-order valence-electron chi connectivity index (χ1n) is 6.96. The van der Waals surface area contributed by atoms with E-state index in [4.69, 9.17) is 5.73 Å². The van der Waals surface area contributed by atoms with E-state index in [-0.39, 0.29) is 22.8 Å². The van der Waals surface area contributed by atoms with Crippen molar-refractivity contribution in [2.45, 2.75) is 0 Å². The zero-order valence-electron chi connectivity index (χ0n) is 12.6. The van der Waals surface area contributed by atoms with E-state index < -0.39 is 16.6 Å². The van der Waals surface area contributed by atoms with Gasteiger partial charge in [-0.25, -0.2) is 14.1 Å². The lowest BCUT2D eigenvalue weighted by molar-refractivity contribution is -0.385. The molecule has 0 atom stereocenters. The molecule has 2 heterocycles. The van der Waals surface area contributed by atoms with E-state index in [0.717, 1.165) is 12.3 Å². The number of primary amides is 1. The molecule has 0 saturated heterocycles. The average molecular weight is 342 g/mol. The van der Waals surface area contributed by atoms with E-state index >= 15 is 0 Å². The van der Waals surface area contributed by atoms with Crippen LogP contribution in [0.5, 0.6) is 0 Å². The third kappa shape index (κ3) is 3.27. The molecule has 0 radical (unpaired) electrons. The Morgan fingerprint density at radius 2 is 2.08 bits per heavy atom. The molecule has 0 fully saturated rings. The highest BCUT2D eigenvalue weighted by molar-refractivity contribution is 5.98. The van der Waals surface area contributed by atoms with Crippen molar-refractivity contribution in [2.75, 3.05) is 5.32 Å². The Morgan fingerprint density at radius 3 is 2.76 bits per heavy atom. The molecule has 25 heavy (non-hydrogen) atoms. The number of hydrogen-bond acceptors (Lipinski definition) is 6. The SMILES string of the molecule is NC(=O)c1cc([N+](=O)[O-])cnc1Nc1cnn(-c2ccccc2F)c1. The fourth-order valence-corrected chi connectivity index (χ4v) is 2.13. The van der Waals surface area contributed by atoms with E-state index in [1.807, 2.05) is 0 Å². The molecule has 0 aliphatic heterocycles. The van der Waals surface area contributed by atoms with Crippen LogP contribution in [0.2, 0.25) is 0 Å². The quantitative estimate of drug-likeness (QED) is 0.540. The normalized spacial score (nSPS) is 10.4. The van der Waals surface area contributed by atoms with Crippen molar-refractivity contribution in [1.29, 1.82) is 0 Å². The summed E-state index contributed by atoms with van der Waals surface area (Å²) in [6, 6.07) is 7.09. The number of carbonyl (C=O) groups excluding carboxylic acids is 1. The maximum Gasteiger partial charge on any atom is 0.288 e. The van der Waals surface area contributed by atoms with Crippen LogP contribution in [0.4, 0.5) is 21.6 Å². The molecule has 3 rings (SSSR count). The Labute approximate surface area is 140 Å². The summed E-state index contributed by atoms with van der Waals surface area (Å²) in [4.78, 5) is 25.5. The van der Waals surface area contributed by atoms with Gasteiger partial charge in [0.1, 0.15) is 23.5 Å². The Kier molecular flexibility index (Phi) is 4.08. The van der Waals surface area contributed by atoms with Crippen LogP contribution >= 0.6 is 0 Å². The lowest BCUT2D eigenvalue weighted by atomic mass is 10.2. The van der Waals surface area contributed by atoms with E-state index in [1.165, 1.54) is 23.1 Å². The lowest BCUT2D eigenvalue weighted by Gasteiger charge is -2.06. The monoisotopic (exact) mass is 342 g/mol. The first-order chi connectivity index (χ1) is 12.0. The van der Waals surface area contributed by atoms with Crippen molar-refractivity contribution < 1.29 is 14.1 Å². The van der Waals surface area contributed by atoms with Gasteiger partial charge >= 0.3 is 0 Å². The molecule has 126 valence electrons. The standard InChI is InChI=1S/C15H11FN6O3/c16-12-3-1-2-4-13(12)21-8-9(6-19-21)20-15-11(14(17)23)5-10(7-18-15)22(24)25/h1-8H,(H2,17,23)(H,18,20). The third-order valence-electron chi connectivity index (χ3n) is 3.29. The van der Waals surface area contributed by atoms with Crippen molar-refractivity contribution >= 4 is 23.1 Å². The summed E-state index contributed by atoms with van der Waals surface area (Å²) in [5.41, 5.74) is 5.37. The topological polar surface area (TPSA) is 129 Å². The fourth-order valence-electron chi connectivity index (χ4n) is 2.13. The summed E-state index contributed by atoms with van der Waals surface area (Å²) in [6.45, 7) is 0. The number of rotatable bonds is 5. The molecular weight excluding hydrogens is 331 g/mol. The summed E-state index contributed by atoms with van der Waals surface area (Å²) in [7, 11) is 0. The molecule has 0 saturated carbocycles. The number of nitrogens with two attached hydrogens (primary N) is 1. The maximum absolute atomic E-state index is 13.8. The molecule has 9 nitrogen and oxygen atoms in total. The van der Waals surface area contributed by atoms with Gasteiger partial charge in [0.2, 0.25) is 0 Å². The molecule has 0 bridgehead atoms. The number of nitro groups is 1. The zero-order chi connectivity index (χ0) is 18.0. The summed E-state index contributed by atoms with van der Waals surface area (Å²) >= 11 is 0. The Hall–Kier alpha value is -3.82. The minimum atomic E-state index is -0.875. The molecule has 2 aromatic heterocycles. The zero-order valence-corrected chi connectivity index (χ0v) is 12.6. The number of para-hydroxylation sites is 1. The number of halogens is 1. The number of carbonyl (C=O) groups is 1. The van der Waals surface area contributed by atoms with Crippen molar-refractivity contribution in [3.05, 3.63) is 70.4 Å². The second kappa shape index (κ2) is 6.35. The predicted molar refractivity (Wildman–Crippen MR) is 86.2 cm³/mol. The van der Waals surface area contributed by atoms with Crippen LogP contribution in [0.3, 0.4) is 0 Å². The second-order valence-corrected chi connectivity index (χ2v) is 4.96. The molecular formula is C15H11FN6O3. The highest BCUT2D eigenvalue weighted by atomic mass is 19.1. The molecule has 10 heteroatoms. The number of nitrogens with one attached hydrogen (secondary N) is 1. The van der Waals surface area contributed by atoms with Gasteiger partial charge in [-0.05, 0) is 12.1 Å². The van der Waals surface area contributed by atoms with Gasteiger partial charge in [0.15, 0.2) is 0 Å². The van der Waals surface area contributed by atoms with Crippen molar-refractivity contribution in [1.82, 2.24) is 14.8 Å². The molecule has 0 aliphatic carbocycles. The van der Waals surface area contributed by atoms with Crippen LogP contribution in [0.1, 0.15) is 10.4 Å². The minimum Gasteiger partial charge on any atom is -0.365 e. The van der Waals surface area contributed by atoms with Gasteiger partial charge < -0.3 is 11.1 Å². The number of nitrogens with zero attached hydrogens (tertiary/aromatic N) is 4. The molecule has 1 aromatic carbocycles. The summed E-state index contributed by atoms with van der Waals surface area (Å²) in [5, 5.41) is 17.6. The van der Waals surface area contributed by atoms with Gasteiger partial charge in [-0.3, -0.25) is 14.9 Å². The van der Waals surface area contributed by atoms with E-state index in [1.54, 1.807) is 18.2 Å². The number of aromatic nitrogens is 3. The number of pyridine rings is 1. The summed E-state index contributed by atoms with van der Waals surface area (Å²) in [6.07, 6.45) is 3.86. The van der Waals surface area contributed by atoms with E-state index in [2.05, 4.69) is 15.4 Å². The smallest absolute Gasteiger partial charge is 0.288 e. The summed E-state index contributed by atoms with van der Waals surface area (Å²) in [5.74, 6) is -1.30. The first-order valence-corrected chi connectivity index (χ1v) is 6.96. The number of benzene rings is 1. The van der Waals surface area contributed by atoms with Crippen LogP contribution in [0.15, 0.2) is 48.9 Å². The fraction of sp³-hybridized carbons (Fsp3) is 0. The molecule has 3 N–H and O–H groups in total. The minimum absolute atomic E-state index is 0.0335. The molecule has 0 aliphatic rings. The average Bonchev–Trinajstić information content (AvgIpc) is 3.03. The van der Waals surface area contributed by atoms with Crippen molar-refractivity contribution in [3.8, 4) is 5.69 Å². The van der Waals surface area contributed by atoms with Crippen LogP contribution in [-0.4, -0.2) is 25.6 Å². The van der Waals surface area contributed by atoms with Crippen LogP contribution in [0.25, 0.3) is 5.69 Å². The largest absolute Gasteiger partial charge is 0.365 e.